The van der Waals surface area contributed by atoms with Crippen molar-refractivity contribution >= 4 is 15.9 Å². The zero-order valence-corrected chi connectivity index (χ0v) is 13.0. The van der Waals surface area contributed by atoms with Crippen molar-refractivity contribution in [3.8, 4) is 5.88 Å². The molecule has 4 heteroatoms. The molecule has 1 aromatic heterocycles. The molecule has 1 atom stereocenters. The molecule has 0 fully saturated rings. The summed E-state index contributed by atoms with van der Waals surface area (Å²) >= 11 is 3.53. The number of pyridine rings is 1. The van der Waals surface area contributed by atoms with Crippen LogP contribution in [0.3, 0.4) is 0 Å². The minimum atomic E-state index is 0.419. The fourth-order valence-electron chi connectivity index (χ4n) is 2.77. The standard InChI is InChI=1S/C16H17BrN2O/c1-20-16-12(3-2-8-18-16)10-19-15-7-4-11-9-13(17)5-6-14(11)15/h2-3,5-6,8-9,15,19H,4,7,10H2,1H3. The predicted octanol–water partition coefficient (Wildman–Crippen LogP) is 3.63. The van der Waals surface area contributed by atoms with E-state index in [9.17, 15) is 0 Å². The fourth-order valence-corrected chi connectivity index (χ4v) is 3.18. The Hall–Kier alpha value is -1.39. The van der Waals surface area contributed by atoms with E-state index in [0.717, 1.165) is 29.4 Å². The lowest BCUT2D eigenvalue weighted by molar-refractivity contribution is 0.388. The van der Waals surface area contributed by atoms with Crippen LogP contribution in [0.2, 0.25) is 0 Å². The van der Waals surface area contributed by atoms with Crippen LogP contribution in [0.5, 0.6) is 5.88 Å². The van der Waals surface area contributed by atoms with Gasteiger partial charge in [0.05, 0.1) is 7.11 Å². The summed E-state index contributed by atoms with van der Waals surface area (Å²) in [5, 5.41) is 3.61. The molecular weight excluding hydrogens is 316 g/mol. The van der Waals surface area contributed by atoms with E-state index >= 15 is 0 Å². The molecule has 0 aliphatic heterocycles. The van der Waals surface area contributed by atoms with Gasteiger partial charge in [-0.3, -0.25) is 0 Å². The van der Waals surface area contributed by atoms with E-state index in [-0.39, 0.29) is 0 Å². The van der Waals surface area contributed by atoms with Crippen molar-refractivity contribution in [2.75, 3.05) is 7.11 Å². The van der Waals surface area contributed by atoms with Gasteiger partial charge in [-0.05, 0) is 42.2 Å². The average molecular weight is 333 g/mol. The number of ether oxygens (including phenoxy) is 1. The van der Waals surface area contributed by atoms with E-state index in [0.29, 0.717) is 11.9 Å². The van der Waals surface area contributed by atoms with Gasteiger partial charge >= 0.3 is 0 Å². The molecule has 3 rings (SSSR count). The summed E-state index contributed by atoms with van der Waals surface area (Å²) in [6.07, 6.45) is 4.04. The van der Waals surface area contributed by atoms with Gasteiger partial charge in [-0.15, -0.1) is 0 Å². The first kappa shape index (κ1) is 13.6. The lowest BCUT2D eigenvalue weighted by Crippen LogP contribution is -2.19. The molecule has 1 aliphatic carbocycles. The minimum absolute atomic E-state index is 0.419. The van der Waals surface area contributed by atoms with Crippen LogP contribution >= 0.6 is 15.9 Å². The number of benzene rings is 1. The quantitative estimate of drug-likeness (QED) is 0.928. The van der Waals surface area contributed by atoms with Crippen LogP contribution in [0.1, 0.15) is 29.2 Å². The highest BCUT2D eigenvalue weighted by atomic mass is 79.9. The number of hydrogen-bond acceptors (Lipinski definition) is 3. The van der Waals surface area contributed by atoms with Gasteiger partial charge < -0.3 is 10.1 Å². The molecule has 3 nitrogen and oxygen atoms in total. The van der Waals surface area contributed by atoms with Crippen molar-refractivity contribution in [3.63, 3.8) is 0 Å². The highest BCUT2D eigenvalue weighted by Gasteiger charge is 2.22. The highest BCUT2D eigenvalue weighted by molar-refractivity contribution is 9.10. The van der Waals surface area contributed by atoms with Crippen molar-refractivity contribution in [1.82, 2.24) is 10.3 Å². The van der Waals surface area contributed by atoms with Crippen molar-refractivity contribution in [2.45, 2.75) is 25.4 Å². The molecule has 0 radical (unpaired) electrons. The van der Waals surface area contributed by atoms with E-state index in [2.05, 4.69) is 50.5 Å². The number of fused-ring (bicyclic) bond motifs is 1. The van der Waals surface area contributed by atoms with Gasteiger partial charge in [0.2, 0.25) is 5.88 Å². The van der Waals surface area contributed by atoms with E-state index < -0.39 is 0 Å². The third-order valence-electron chi connectivity index (χ3n) is 3.77. The number of hydrogen-bond donors (Lipinski definition) is 1. The third-order valence-corrected chi connectivity index (χ3v) is 4.26. The molecule has 0 amide bonds. The Morgan fingerprint density at radius 2 is 2.30 bits per heavy atom. The van der Waals surface area contributed by atoms with Crippen LogP contribution in [0.15, 0.2) is 41.0 Å². The van der Waals surface area contributed by atoms with Crippen LogP contribution in [0.25, 0.3) is 0 Å². The largest absolute Gasteiger partial charge is 0.481 e. The van der Waals surface area contributed by atoms with E-state index in [1.807, 2.05) is 6.07 Å². The average Bonchev–Trinajstić information content (AvgIpc) is 2.87. The molecule has 0 spiro atoms. The summed E-state index contributed by atoms with van der Waals surface area (Å²) in [6, 6.07) is 11.0. The van der Waals surface area contributed by atoms with Gasteiger partial charge in [-0.1, -0.05) is 28.1 Å². The molecule has 1 N–H and O–H groups in total. The normalized spacial score (nSPS) is 17.0. The number of halogens is 1. The summed E-state index contributed by atoms with van der Waals surface area (Å²) in [5.74, 6) is 0.703. The van der Waals surface area contributed by atoms with Crippen LogP contribution in [-0.4, -0.2) is 12.1 Å². The third kappa shape index (κ3) is 2.72. The smallest absolute Gasteiger partial charge is 0.217 e. The van der Waals surface area contributed by atoms with Crippen molar-refractivity contribution in [2.24, 2.45) is 0 Å². The maximum Gasteiger partial charge on any atom is 0.217 e. The van der Waals surface area contributed by atoms with Crippen LogP contribution in [0.4, 0.5) is 0 Å². The Bertz CT molecular complexity index is 615. The molecule has 2 aromatic rings. The first-order valence-electron chi connectivity index (χ1n) is 6.77. The maximum atomic E-state index is 5.29. The van der Waals surface area contributed by atoms with E-state index in [4.69, 9.17) is 4.74 Å². The summed E-state index contributed by atoms with van der Waals surface area (Å²) in [6.45, 7) is 0.775. The molecule has 1 unspecified atom stereocenters. The first-order chi connectivity index (χ1) is 9.78. The molecule has 1 aliphatic rings. The van der Waals surface area contributed by atoms with Crippen LogP contribution in [0, 0.1) is 0 Å². The molecule has 0 saturated carbocycles. The SMILES string of the molecule is COc1ncccc1CNC1CCc2cc(Br)ccc21. The zero-order valence-electron chi connectivity index (χ0n) is 11.4. The summed E-state index contributed by atoms with van der Waals surface area (Å²) in [4.78, 5) is 4.23. The van der Waals surface area contributed by atoms with E-state index in [1.54, 1.807) is 13.3 Å². The van der Waals surface area contributed by atoms with Gasteiger partial charge in [0.15, 0.2) is 0 Å². The van der Waals surface area contributed by atoms with Gasteiger partial charge in [0.25, 0.3) is 0 Å². The van der Waals surface area contributed by atoms with Gasteiger partial charge in [-0.25, -0.2) is 4.98 Å². The first-order valence-corrected chi connectivity index (χ1v) is 7.57. The number of nitrogens with one attached hydrogen (secondary N) is 1. The molecule has 20 heavy (non-hydrogen) atoms. The predicted molar refractivity (Wildman–Crippen MR) is 82.8 cm³/mol. The van der Waals surface area contributed by atoms with E-state index in [1.165, 1.54) is 11.1 Å². The number of rotatable bonds is 4. The van der Waals surface area contributed by atoms with Gasteiger partial charge in [0.1, 0.15) is 0 Å². The molecule has 0 saturated heterocycles. The second kappa shape index (κ2) is 5.94. The summed E-state index contributed by atoms with van der Waals surface area (Å²) < 4.78 is 6.45. The maximum absolute atomic E-state index is 5.29. The summed E-state index contributed by atoms with van der Waals surface area (Å²) in [5.41, 5.74) is 3.95. The Morgan fingerprint density at radius 3 is 3.15 bits per heavy atom. The number of nitrogens with zero attached hydrogens (tertiary/aromatic N) is 1. The topological polar surface area (TPSA) is 34.1 Å². The number of aryl methyl sites for hydroxylation is 1. The summed E-state index contributed by atoms with van der Waals surface area (Å²) in [7, 11) is 1.66. The Labute approximate surface area is 127 Å². The second-order valence-electron chi connectivity index (χ2n) is 4.99. The van der Waals surface area contributed by atoms with Crippen molar-refractivity contribution < 1.29 is 4.74 Å². The Balaban J connectivity index is 1.72. The molecular formula is C16H17BrN2O. The second-order valence-corrected chi connectivity index (χ2v) is 5.90. The van der Waals surface area contributed by atoms with Gasteiger partial charge in [0, 0.05) is 28.8 Å². The molecule has 0 bridgehead atoms. The fraction of sp³-hybridized carbons (Fsp3) is 0.312. The zero-order chi connectivity index (χ0) is 13.9. The lowest BCUT2D eigenvalue weighted by atomic mass is 10.1. The lowest BCUT2D eigenvalue weighted by Gasteiger charge is -2.15. The molecule has 1 aromatic carbocycles. The Morgan fingerprint density at radius 1 is 1.40 bits per heavy atom. The van der Waals surface area contributed by atoms with Crippen molar-refractivity contribution in [1.29, 1.82) is 0 Å². The minimum Gasteiger partial charge on any atom is -0.481 e. The monoisotopic (exact) mass is 332 g/mol. The number of aromatic nitrogens is 1. The van der Waals surface area contributed by atoms with Crippen LogP contribution < -0.4 is 10.1 Å². The van der Waals surface area contributed by atoms with Crippen LogP contribution in [-0.2, 0) is 13.0 Å². The molecule has 104 valence electrons. The van der Waals surface area contributed by atoms with Crippen molar-refractivity contribution in [3.05, 3.63) is 57.7 Å². The number of methoxy groups -OCH3 is 1. The van der Waals surface area contributed by atoms with Gasteiger partial charge in [-0.2, -0.15) is 0 Å². The highest BCUT2D eigenvalue weighted by Crippen LogP contribution is 2.33. The Kier molecular flexibility index (Phi) is 4.03. The molecule has 1 heterocycles.